The highest BCUT2D eigenvalue weighted by atomic mass is 15.0. The van der Waals surface area contributed by atoms with Crippen molar-refractivity contribution < 1.29 is 0 Å². The molecule has 1 heterocycles. The van der Waals surface area contributed by atoms with Crippen LogP contribution in [0.2, 0.25) is 0 Å². The molecule has 78 valence electrons. The molecule has 0 atom stereocenters. The van der Waals surface area contributed by atoms with Crippen molar-refractivity contribution >= 4 is 5.69 Å². The normalized spacial score (nSPS) is 10.3. The summed E-state index contributed by atoms with van der Waals surface area (Å²) in [7, 11) is 1.93. The lowest BCUT2D eigenvalue weighted by Crippen LogP contribution is -2.01. The van der Waals surface area contributed by atoms with Crippen LogP contribution >= 0.6 is 0 Å². The highest BCUT2D eigenvalue weighted by molar-refractivity contribution is 5.45. The molecule has 0 saturated carbocycles. The average molecular weight is 201 g/mol. The van der Waals surface area contributed by atoms with Gasteiger partial charge in [-0.25, -0.2) is 4.98 Å². The minimum atomic E-state index is 0.876. The van der Waals surface area contributed by atoms with E-state index in [1.807, 2.05) is 26.4 Å². The maximum atomic E-state index is 4.20. The summed E-state index contributed by atoms with van der Waals surface area (Å²) >= 11 is 0. The van der Waals surface area contributed by atoms with E-state index in [4.69, 9.17) is 0 Å². The Morgan fingerprint density at radius 2 is 2.27 bits per heavy atom. The van der Waals surface area contributed by atoms with Crippen LogP contribution in [0.5, 0.6) is 0 Å². The molecule has 0 bridgehead atoms. The van der Waals surface area contributed by atoms with Crippen molar-refractivity contribution in [3.05, 3.63) is 48.0 Å². The molecule has 2 rings (SSSR count). The van der Waals surface area contributed by atoms with Gasteiger partial charge in [0, 0.05) is 31.7 Å². The van der Waals surface area contributed by atoms with Gasteiger partial charge < -0.3 is 9.88 Å². The van der Waals surface area contributed by atoms with E-state index in [0.29, 0.717) is 0 Å². The predicted molar refractivity (Wildman–Crippen MR) is 62.1 cm³/mol. The Hall–Kier alpha value is -1.77. The molecule has 0 spiro atoms. The van der Waals surface area contributed by atoms with Crippen molar-refractivity contribution in [3.8, 4) is 0 Å². The molecule has 2 aromatic rings. The number of benzene rings is 1. The van der Waals surface area contributed by atoms with Crippen molar-refractivity contribution in [2.45, 2.75) is 13.5 Å². The lowest BCUT2D eigenvalue weighted by Gasteiger charge is -2.07. The minimum Gasteiger partial charge on any atom is -0.388 e. The highest BCUT2D eigenvalue weighted by Crippen LogP contribution is 2.11. The zero-order valence-electron chi connectivity index (χ0n) is 9.07. The first kappa shape index (κ1) is 9.77. The zero-order chi connectivity index (χ0) is 10.7. The third-order valence-corrected chi connectivity index (χ3v) is 2.49. The van der Waals surface area contributed by atoms with E-state index < -0.39 is 0 Å². The molecule has 0 amide bonds. The molecule has 0 radical (unpaired) electrons. The van der Waals surface area contributed by atoms with Crippen LogP contribution in [0.4, 0.5) is 5.69 Å². The molecule has 1 N–H and O–H groups in total. The number of anilines is 1. The minimum absolute atomic E-state index is 0.876. The molecule has 0 aliphatic heterocycles. The van der Waals surface area contributed by atoms with Gasteiger partial charge in [-0.3, -0.25) is 0 Å². The number of imidazole rings is 1. The molecule has 3 heteroatoms. The Bertz CT molecular complexity index is 446. The van der Waals surface area contributed by atoms with Crippen LogP contribution in [0.15, 0.2) is 36.7 Å². The molecular formula is C12H15N3. The molecular weight excluding hydrogens is 186 g/mol. The standard InChI is InChI=1S/C12H15N3/c1-10-14-6-7-15(10)9-11-4-3-5-12(8-11)13-2/h3-8,13H,9H2,1-2H3. The lowest BCUT2D eigenvalue weighted by molar-refractivity contribution is 0.762. The fraction of sp³-hybridized carbons (Fsp3) is 0.250. The van der Waals surface area contributed by atoms with Gasteiger partial charge >= 0.3 is 0 Å². The summed E-state index contributed by atoms with van der Waals surface area (Å²) in [5.74, 6) is 1.05. The molecule has 0 unspecified atom stereocenters. The number of aromatic nitrogens is 2. The Morgan fingerprint density at radius 3 is 2.93 bits per heavy atom. The second kappa shape index (κ2) is 4.17. The van der Waals surface area contributed by atoms with E-state index in [1.165, 1.54) is 5.56 Å². The first-order chi connectivity index (χ1) is 7.29. The number of aryl methyl sites for hydroxylation is 1. The van der Waals surface area contributed by atoms with Crippen molar-refractivity contribution in [1.82, 2.24) is 9.55 Å². The second-order valence-corrected chi connectivity index (χ2v) is 3.55. The quantitative estimate of drug-likeness (QED) is 0.825. The monoisotopic (exact) mass is 201 g/mol. The van der Waals surface area contributed by atoms with Crippen LogP contribution in [0.1, 0.15) is 11.4 Å². The molecule has 15 heavy (non-hydrogen) atoms. The van der Waals surface area contributed by atoms with E-state index in [2.05, 4.69) is 39.1 Å². The van der Waals surface area contributed by atoms with Crippen LogP contribution < -0.4 is 5.32 Å². The molecule has 0 saturated heterocycles. The summed E-state index contributed by atoms with van der Waals surface area (Å²) in [6, 6.07) is 8.40. The third-order valence-electron chi connectivity index (χ3n) is 2.49. The Morgan fingerprint density at radius 1 is 1.40 bits per heavy atom. The number of nitrogens with one attached hydrogen (secondary N) is 1. The number of nitrogens with zero attached hydrogens (tertiary/aromatic N) is 2. The Kier molecular flexibility index (Phi) is 2.72. The molecule has 0 aliphatic rings. The number of hydrogen-bond donors (Lipinski definition) is 1. The molecule has 1 aromatic carbocycles. The first-order valence-corrected chi connectivity index (χ1v) is 5.04. The topological polar surface area (TPSA) is 29.9 Å². The van der Waals surface area contributed by atoms with Crippen LogP contribution in [-0.4, -0.2) is 16.6 Å². The summed E-state index contributed by atoms with van der Waals surface area (Å²) < 4.78 is 2.13. The summed E-state index contributed by atoms with van der Waals surface area (Å²) in [6.07, 6.45) is 3.83. The highest BCUT2D eigenvalue weighted by Gasteiger charge is 1.99. The Balaban J connectivity index is 2.21. The SMILES string of the molecule is CNc1cccc(Cn2ccnc2C)c1. The molecule has 0 fully saturated rings. The van der Waals surface area contributed by atoms with Gasteiger partial charge in [-0.15, -0.1) is 0 Å². The summed E-state index contributed by atoms with van der Waals surface area (Å²) in [4.78, 5) is 4.20. The van der Waals surface area contributed by atoms with Crippen LogP contribution in [-0.2, 0) is 6.54 Å². The summed E-state index contributed by atoms with van der Waals surface area (Å²) in [5, 5.41) is 3.14. The van der Waals surface area contributed by atoms with E-state index in [0.717, 1.165) is 18.1 Å². The average Bonchev–Trinajstić information content (AvgIpc) is 2.65. The molecule has 3 nitrogen and oxygen atoms in total. The Labute approximate surface area is 89.8 Å². The fourth-order valence-corrected chi connectivity index (χ4v) is 1.59. The lowest BCUT2D eigenvalue weighted by atomic mass is 10.2. The zero-order valence-corrected chi connectivity index (χ0v) is 9.07. The van der Waals surface area contributed by atoms with Gasteiger partial charge in [0.15, 0.2) is 0 Å². The maximum absolute atomic E-state index is 4.20. The summed E-state index contributed by atoms with van der Waals surface area (Å²) in [5.41, 5.74) is 2.42. The van der Waals surface area contributed by atoms with Gasteiger partial charge in [-0.2, -0.15) is 0 Å². The van der Waals surface area contributed by atoms with E-state index >= 15 is 0 Å². The van der Waals surface area contributed by atoms with Crippen molar-refractivity contribution in [3.63, 3.8) is 0 Å². The summed E-state index contributed by atoms with van der Waals surface area (Å²) in [6.45, 7) is 2.89. The fourth-order valence-electron chi connectivity index (χ4n) is 1.59. The predicted octanol–water partition coefficient (Wildman–Crippen LogP) is 2.28. The van der Waals surface area contributed by atoms with Crippen LogP contribution in [0, 0.1) is 6.92 Å². The van der Waals surface area contributed by atoms with Gasteiger partial charge in [-0.05, 0) is 24.6 Å². The van der Waals surface area contributed by atoms with Gasteiger partial charge in [-0.1, -0.05) is 12.1 Å². The van der Waals surface area contributed by atoms with Crippen LogP contribution in [0.3, 0.4) is 0 Å². The molecule has 1 aromatic heterocycles. The molecule has 0 aliphatic carbocycles. The second-order valence-electron chi connectivity index (χ2n) is 3.55. The van der Waals surface area contributed by atoms with Gasteiger partial charge in [0.2, 0.25) is 0 Å². The smallest absolute Gasteiger partial charge is 0.105 e. The van der Waals surface area contributed by atoms with Gasteiger partial charge in [0.1, 0.15) is 5.82 Å². The van der Waals surface area contributed by atoms with Crippen LogP contribution in [0.25, 0.3) is 0 Å². The van der Waals surface area contributed by atoms with Gasteiger partial charge in [0.25, 0.3) is 0 Å². The van der Waals surface area contributed by atoms with Crippen molar-refractivity contribution in [1.29, 1.82) is 0 Å². The van der Waals surface area contributed by atoms with Crippen molar-refractivity contribution in [2.24, 2.45) is 0 Å². The maximum Gasteiger partial charge on any atom is 0.105 e. The third kappa shape index (κ3) is 2.18. The number of hydrogen-bond acceptors (Lipinski definition) is 2. The van der Waals surface area contributed by atoms with Crippen molar-refractivity contribution in [2.75, 3.05) is 12.4 Å². The van der Waals surface area contributed by atoms with Gasteiger partial charge in [0.05, 0.1) is 0 Å². The van der Waals surface area contributed by atoms with E-state index in [-0.39, 0.29) is 0 Å². The van der Waals surface area contributed by atoms with E-state index in [9.17, 15) is 0 Å². The van der Waals surface area contributed by atoms with E-state index in [1.54, 1.807) is 0 Å². The number of rotatable bonds is 3. The largest absolute Gasteiger partial charge is 0.388 e. The first-order valence-electron chi connectivity index (χ1n) is 5.04.